The molecule has 20 heavy (non-hydrogen) atoms. The van der Waals surface area contributed by atoms with Crippen LogP contribution in [0.4, 0.5) is 5.69 Å². The average Bonchev–Trinajstić information content (AvgIpc) is 2.26. The smallest absolute Gasteiger partial charge is 0.241 e. The van der Waals surface area contributed by atoms with Crippen LogP contribution in [0.15, 0.2) is 23.1 Å². The quantitative estimate of drug-likeness (QED) is 0.760. The van der Waals surface area contributed by atoms with Gasteiger partial charge in [-0.3, -0.25) is 0 Å². The van der Waals surface area contributed by atoms with E-state index < -0.39 is 10.0 Å². The van der Waals surface area contributed by atoms with Gasteiger partial charge in [0.15, 0.2) is 0 Å². The maximum absolute atomic E-state index is 12.3. The molecule has 0 bridgehead atoms. The normalized spacial score (nSPS) is 13.7. The molecule has 0 saturated carbocycles. The summed E-state index contributed by atoms with van der Waals surface area (Å²) in [6, 6.07) is 4.80. The van der Waals surface area contributed by atoms with Crippen molar-refractivity contribution in [2.24, 2.45) is 5.92 Å². The summed E-state index contributed by atoms with van der Waals surface area (Å²) in [5.74, 6) is 0.651. The molecule has 5 heteroatoms. The van der Waals surface area contributed by atoms with E-state index in [-0.39, 0.29) is 6.04 Å². The molecule has 114 valence electrons. The van der Waals surface area contributed by atoms with Gasteiger partial charge in [-0.25, -0.2) is 13.1 Å². The van der Waals surface area contributed by atoms with Gasteiger partial charge in [0.2, 0.25) is 10.0 Å². The number of nitrogens with two attached hydrogens (primary N) is 1. The zero-order valence-electron chi connectivity index (χ0n) is 12.8. The van der Waals surface area contributed by atoms with Gasteiger partial charge in [0.05, 0.1) is 4.90 Å². The molecule has 0 spiro atoms. The van der Waals surface area contributed by atoms with Crippen molar-refractivity contribution in [3.05, 3.63) is 23.8 Å². The zero-order valence-corrected chi connectivity index (χ0v) is 13.6. The van der Waals surface area contributed by atoms with Crippen molar-refractivity contribution in [3.8, 4) is 0 Å². The molecule has 0 aromatic heterocycles. The molecular weight excluding hydrogens is 272 g/mol. The SMILES string of the molecule is Cc1cc(N)ccc1S(=O)(=O)NC(C)CCCC(C)C. The third-order valence-corrected chi connectivity index (χ3v) is 5.01. The fraction of sp³-hybridized carbons (Fsp3) is 0.600. The Labute approximate surface area is 122 Å². The molecule has 3 N–H and O–H groups in total. The van der Waals surface area contributed by atoms with E-state index in [4.69, 9.17) is 5.73 Å². The topological polar surface area (TPSA) is 72.2 Å². The van der Waals surface area contributed by atoms with E-state index in [1.165, 1.54) is 0 Å². The van der Waals surface area contributed by atoms with Crippen LogP contribution >= 0.6 is 0 Å². The Hall–Kier alpha value is -1.07. The summed E-state index contributed by atoms with van der Waals surface area (Å²) < 4.78 is 27.4. The van der Waals surface area contributed by atoms with E-state index in [2.05, 4.69) is 18.6 Å². The van der Waals surface area contributed by atoms with Crippen LogP contribution in [-0.2, 0) is 10.0 Å². The predicted octanol–water partition coefficient (Wildman–Crippen LogP) is 3.07. The first kappa shape index (κ1) is 17.0. The summed E-state index contributed by atoms with van der Waals surface area (Å²) in [6.07, 6.45) is 3.00. The molecule has 0 aliphatic rings. The molecule has 4 nitrogen and oxygen atoms in total. The van der Waals surface area contributed by atoms with Crippen LogP contribution in [0.5, 0.6) is 0 Å². The first-order valence-electron chi connectivity index (χ1n) is 7.11. The van der Waals surface area contributed by atoms with Gasteiger partial charge in [0.25, 0.3) is 0 Å². The van der Waals surface area contributed by atoms with Crippen molar-refractivity contribution >= 4 is 15.7 Å². The number of anilines is 1. The van der Waals surface area contributed by atoms with Crippen LogP contribution in [0, 0.1) is 12.8 Å². The van der Waals surface area contributed by atoms with Crippen LogP contribution in [0.1, 0.15) is 45.6 Å². The highest BCUT2D eigenvalue weighted by Gasteiger charge is 2.19. The highest BCUT2D eigenvalue weighted by Crippen LogP contribution is 2.18. The Balaban J connectivity index is 2.69. The van der Waals surface area contributed by atoms with Crippen molar-refractivity contribution in [1.29, 1.82) is 0 Å². The second-order valence-electron chi connectivity index (χ2n) is 5.87. The Bertz CT molecular complexity index is 539. The number of hydrogen-bond donors (Lipinski definition) is 2. The molecular formula is C15H26N2O2S. The molecule has 0 saturated heterocycles. The van der Waals surface area contributed by atoms with Gasteiger partial charge in [0.1, 0.15) is 0 Å². The summed E-state index contributed by atoms with van der Waals surface area (Å²) in [6.45, 7) is 8.01. The van der Waals surface area contributed by atoms with Crippen molar-refractivity contribution < 1.29 is 8.42 Å². The predicted molar refractivity (Wildman–Crippen MR) is 84.1 cm³/mol. The lowest BCUT2D eigenvalue weighted by Crippen LogP contribution is -2.33. The van der Waals surface area contributed by atoms with Crippen LogP contribution in [0.3, 0.4) is 0 Å². The number of rotatable bonds is 7. The number of hydrogen-bond acceptors (Lipinski definition) is 3. The zero-order chi connectivity index (χ0) is 15.3. The van der Waals surface area contributed by atoms with E-state index in [1.54, 1.807) is 25.1 Å². The summed E-state index contributed by atoms with van der Waals surface area (Å²) in [5.41, 5.74) is 6.90. The summed E-state index contributed by atoms with van der Waals surface area (Å²) in [5, 5.41) is 0. The lowest BCUT2D eigenvalue weighted by Gasteiger charge is -2.16. The minimum absolute atomic E-state index is 0.0595. The van der Waals surface area contributed by atoms with Crippen LogP contribution in [0.25, 0.3) is 0 Å². The Morgan fingerprint density at radius 2 is 1.85 bits per heavy atom. The first-order valence-corrected chi connectivity index (χ1v) is 8.59. The number of sulfonamides is 1. The maximum atomic E-state index is 12.3. The van der Waals surface area contributed by atoms with E-state index in [0.29, 0.717) is 22.1 Å². The second-order valence-corrected chi connectivity index (χ2v) is 7.55. The van der Waals surface area contributed by atoms with Crippen molar-refractivity contribution in [2.75, 3.05) is 5.73 Å². The van der Waals surface area contributed by atoms with E-state index in [1.807, 2.05) is 6.92 Å². The highest BCUT2D eigenvalue weighted by atomic mass is 32.2. The third kappa shape index (κ3) is 5.13. The fourth-order valence-corrected chi connectivity index (χ4v) is 3.70. The molecule has 0 aliphatic carbocycles. The van der Waals surface area contributed by atoms with Gasteiger partial charge in [-0.15, -0.1) is 0 Å². The largest absolute Gasteiger partial charge is 0.399 e. The molecule has 0 fully saturated rings. The second kappa shape index (κ2) is 7.09. The van der Waals surface area contributed by atoms with Gasteiger partial charge in [-0.05, 0) is 49.9 Å². The van der Waals surface area contributed by atoms with Gasteiger partial charge in [-0.1, -0.05) is 26.7 Å². The summed E-state index contributed by atoms with van der Waals surface area (Å²) in [4.78, 5) is 0.308. The van der Waals surface area contributed by atoms with Gasteiger partial charge >= 0.3 is 0 Å². The van der Waals surface area contributed by atoms with Crippen molar-refractivity contribution in [2.45, 2.75) is 57.9 Å². The molecule has 0 aliphatic heterocycles. The van der Waals surface area contributed by atoms with Gasteiger partial charge < -0.3 is 5.73 Å². The van der Waals surface area contributed by atoms with Gasteiger partial charge in [0, 0.05) is 11.7 Å². The number of benzene rings is 1. The molecule has 0 heterocycles. The Morgan fingerprint density at radius 3 is 2.40 bits per heavy atom. The van der Waals surface area contributed by atoms with E-state index in [9.17, 15) is 8.42 Å². The summed E-state index contributed by atoms with van der Waals surface area (Å²) >= 11 is 0. The molecule has 1 rings (SSSR count). The minimum atomic E-state index is -3.46. The van der Waals surface area contributed by atoms with E-state index in [0.717, 1.165) is 19.3 Å². The van der Waals surface area contributed by atoms with Crippen molar-refractivity contribution in [1.82, 2.24) is 4.72 Å². The molecule has 0 radical (unpaired) electrons. The monoisotopic (exact) mass is 298 g/mol. The summed E-state index contributed by atoms with van der Waals surface area (Å²) in [7, 11) is -3.46. The van der Waals surface area contributed by atoms with Crippen molar-refractivity contribution in [3.63, 3.8) is 0 Å². The Morgan fingerprint density at radius 1 is 1.20 bits per heavy atom. The number of nitrogen functional groups attached to an aromatic ring is 1. The standard InChI is InChI=1S/C15H26N2O2S/c1-11(2)6-5-7-13(4)17-20(18,19)15-9-8-14(16)10-12(15)3/h8-11,13,17H,5-7,16H2,1-4H3. The average molecular weight is 298 g/mol. The fourth-order valence-electron chi connectivity index (χ4n) is 2.19. The first-order chi connectivity index (χ1) is 9.22. The van der Waals surface area contributed by atoms with Crippen LogP contribution in [0.2, 0.25) is 0 Å². The highest BCUT2D eigenvalue weighted by molar-refractivity contribution is 7.89. The number of nitrogens with one attached hydrogen (secondary N) is 1. The minimum Gasteiger partial charge on any atom is -0.399 e. The van der Waals surface area contributed by atoms with Crippen LogP contribution < -0.4 is 10.5 Å². The lowest BCUT2D eigenvalue weighted by atomic mass is 10.0. The maximum Gasteiger partial charge on any atom is 0.241 e. The molecule has 1 atom stereocenters. The molecule has 1 aromatic rings. The molecule has 1 aromatic carbocycles. The molecule has 0 amide bonds. The Kier molecular flexibility index (Phi) is 6.02. The lowest BCUT2D eigenvalue weighted by molar-refractivity contribution is 0.488. The number of aryl methyl sites for hydroxylation is 1. The van der Waals surface area contributed by atoms with E-state index >= 15 is 0 Å². The molecule has 1 unspecified atom stereocenters. The van der Waals surface area contributed by atoms with Crippen LogP contribution in [-0.4, -0.2) is 14.5 Å². The van der Waals surface area contributed by atoms with Gasteiger partial charge in [-0.2, -0.15) is 0 Å². The third-order valence-electron chi connectivity index (χ3n) is 3.26.